The summed E-state index contributed by atoms with van der Waals surface area (Å²) in [4.78, 5) is 12.8. The topological polar surface area (TPSA) is 61.8 Å². The number of nitrogens with one attached hydrogen (secondary N) is 1. The van der Waals surface area contributed by atoms with E-state index in [1.165, 1.54) is 6.20 Å². The lowest BCUT2D eigenvalue weighted by Gasteiger charge is -2.36. The standard InChI is InChI=1S/C9H12N2O3/c1-11-2-3-14-7-4-6(9(12)13)5-10-8(7)11/h4-5,8,10H,2-3H2,1H3,(H,12,13). The molecule has 0 saturated carbocycles. The summed E-state index contributed by atoms with van der Waals surface area (Å²) in [7, 11) is 1.97. The van der Waals surface area contributed by atoms with Crippen LogP contribution in [0.4, 0.5) is 0 Å². The fourth-order valence-electron chi connectivity index (χ4n) is 1.55. The summed E-state index contributed by atoms with van der Waals surface area (Å²) in [5, 5.41) is 11.8. The van der Waals surface area contributed by atoms with Gasteiger partial charge in [0.15, 0.2) is 0 Å². The molecule has 1 fully saturated rings. The van der Waals surface area contributed by atoms with Crippen molar-refractivity contribution in [3.8, 4) is 0 Å². The number of hydrogen-bond acceptors (Lipinski definition) is 4. The van der Waals surface area contributed by atoms with Crippen molar-refractivity contribution in [3.63, 3.8) is 0 Å². The zero-order valence-corrected chi connectivity index (χ0v) is 7.86. The van der Waals surface area contributed by atoms with Crippen molar-refractivity contribution in [2.24, 2.45) is 0 Å². The maximum Gasteiger partial charge on any atom is 0.337 e. The second-order valence-corrected chi connectivity index (χ2v) is 3.35. The number of dihydropyridines is 1. The van der Waals surface area contributed by atoms with Crippen LogP contribution in [-0.4, -0.2) is 42.3 Å². The zero-order chi connectivity index (χ0) is 10.1. The van der Waals surface area contributed by atoms with Crippen LogP contribution in [0, 0.1) is 0 Å². The van der Waals surface area contributed by atoms with E-state index >= 15 is 0 Å². The first-order chi connectivity index (χ1) is 6.68. The third-order valence-corrected chi connectivity index (χ3v) is 2.36. The molecule has 2 aliphatic rings. The Bertz CT molecular complexity index is 322. The minimum absolute atomic E-state index is 0.0214. The predicted molar refractivity (Wildman–Crippen MR) is 49.3 cm³/mol. The average Bonchev–Trinajstić information content (AvgIpc) is 2.17. The highest BCUT2D eigenvalue weighted by Crippen LogP contribution is 2.19. The van der Waals surface area contributed by atoms with Gasteiger partial charge in [0.1, 0.15) is 18.5 Å². The van der Waals surface area contributed by atoms with E-state index in [1.807, 2.05) is 7.05 Å². The van der Waals surface area contributed by atoms with Crippen molar-refractivity contribution < 1.29 is 14.6 Å². The van der Waals surface area contributed by atoms with E-state index in [4.69, 9.17) is 9.84 Å². The maximum absolute atomic E-state index is 10.7. The number of likely N-dealkylation sites (N-methyl/N-ethyl adjacent to an activating group) is 1. The van der Waals surface area contributed by atoms with Gasteiger partial charge in [0.05, 0.1) is 5.57 Å². The maximum atomic E-state index is 10.7. The lowest BCUT2D eigenvalue weighted by Crippen LogP contribution is -2.49. The van der Waals surface area contributed by atoms with Gasteiger partial charge < -0.3 is 15.2 Å². The summed E-state index contributed by atoms with van der Waals surface area (Å²) >= 11 is 0. The van der Waals surface area contributed by atoms with Crippen LogP contribution >= 0.6 is 0 Å². The molecule has 1 atom stereocenters. The minimum atomic E-state index is -0.944. The number of aliphatic carboxylic acids is 1. The smallest absolute Gasteiger partial charge is 0.337 e. The third-order valence-electron chi connectivity index (χ3n) is 2.36. The first-order valence-electron chi connectivity index (χ1n) is 4.42. The largest absolute Gasteiger partial charge is 0.493 e. The van der Waals surface area contributed by atoms with Gasteiger partial charge in [-0.2, -0.15) is 0 Å². The van der Waals surface area contributed by atoms with Gasteiger partial charge in [0.25, 0.3) is 0 Å². The molecule has 0 aromatic rings. The Labute approximate surface area is 81.6 Å². The first-order valence-corrected chi connectivity index (χ1v) is 4.42. The van der Waals surface area contributed by atoms with Gasteiger partial charge in [0.2, 0.25) is 0 Å². The fraction of sp³-hybridized carbons (Fsp3) is 0.444. The number of carboxylic acids is 1. The molecular formula is C9H12N2O3. The molecule has 5 heteroatoms. The van der Waals surface area contributed by atoms with Gasteiger partial charge in [-0.05, 0) is 13.1 Å². The summed E-state index contributed by atoms with van der Waals surface area (Å²) in [5.41, 5.74) is 0.228. The fourth-order valence-corrected chi connectivity index (χ4v) is 1.55. The molecule has 2 N–H and O–H groups in total. The highest BCUT2D eigenvalue weighted by Gasteiger charge is 2.28. The van der Waals surface area contributed by atoms with Crippen LogP contribution in [0.3, 0.4) is 0 Å². The van der Waals surface area contributed by atoms with E-state index in [1.54, 1.807) is 6.08 Å². The van der Waals surface area contributed by atoms with Gasteiger partial charge in [-0.1, -0.05) is 0 Å². The molecular weight excluding hydrogens is 184 g/mol. The molecule has 2 rings (SSSR count). The normalized spacial score (nSPS) is 26.5. The molecule has 0 aromatic carbocycles. The highest BCUT2D eigenvalue weighted by atomic mass is 16.5. The van der Waals surface area contributed by atoms with Gasteiger partial charge in [0, 0.05) is 12.7 Å². The summed E-state index contributed by atoms with van der Waals surface area (Å²) in [6.45, 7) is 1.44. The second kappa shape index (κ2) is 3.34. The molecule has 14 heavy (non-hydrogen) atoms. The van der Waals surface area contributed by atoms with Crippen molar-refractivity contribution in [2.75, 3.05) is 20.2 Å². The predicted octanol–water partition coefficient (Wildman–Crippen LogP) is -0.270. The number of ether oxygens (including phenoxy) is 1. The number of carbonyl (C=O) groups is 1. The van der Waals surface area contributed by atoms with Crippen molar-refractivity contribution in [2.45, 2.75) is 6.17 Å². The molecule has 2 heterocycles. The average molecular weight is 196 g/mol. The molecule has 0 aliphatic carbocycles. The Hall–Kier alpha value is -1.49. The summed E-state index contributed by atoms with van der Waals surface area (Å²) < 4.78 is 5.39. The zero-order valence-electron chi connectivity index (χ0n) is 7.86. The number of morpholine rings is 1. The van der Waals surface area contributed by atoms with Gasteiger partial charge in [-0.3, -0.25) is 4.90 Å². The molecule has 2 aliphatic heterocycles. The van der Waals surface area contributed by atoms with Crippen LogP contribution in [0.25, 0.3) is 0 Å². The lowest BCUT2D eigenvalue weighted by molar-refractivity contribution is -0.132. The van der Waals surface area contributed by atoms with E-state index in [0.717, 1.165) is 6.54 Å². The Kier molecular flexibility index (Phi) is 2.17. The molecule has 0 radical (unpaired) electrons. The van der Waals surface area contributed by atoms with E-state index in [0.29, 0.717) is 12.4 Å². The van der Waals surface area contributed by atoms with Crippen LogP contribution in [0.1, 0.15) is 0 Å². The van der Waals surface area contributed by atoms with E-state index in [2.05, 4.69) is 10.2 Å². The molecule has 5 nitrogen and oxygen atoms in total. The van der Waals surface area contributed by atoms with Crippen LogP contribution in [0.2, 0.25) is 0 Å². The van der Waals surface area contributed by atoms with Crippen LogP contribution < -0.4 is 5.32 Å². The van der Waals surface area contributed by atoms with Crippen LogP contribution in [0.5, 0.6) is 0 Å². The van der Waals surface area contributed by atoms with Crippen molar-refractivity contribution in [1.82, 2.24) is 10.2 Å². The Morgan fingerprint density at radius 1 is 1.79 bits per heavy atom. The molecule has 76 valence electrons. The number of rotatable bonds is 1. The molecule has 0 bridgehead atoms. The summed E-state index contributed by atoms with van der Waals surface area (Å²) in [5.74, 6) is -0.265. The quantitative estimate of drug-likeness (QED) is 0.604. The van der Waals surface area contributed by atoms with Crippen LogP contribution in [-0.2, 0) is 9.53 Å². The SMILES string of the molecule is CN1CCOC2=CC(C(=O)O)=CNC21. The van der Waals surface area contributed by atoms with E-state index in [9.17, 15) is 4.79 Å². The number of nitrogens with zero attached hydrogens (tertiary/aromatic N) is 1. The molecule has 1 saturated heterocycles. The van der Waals surface area contributed by atoms with Crippen molar-refractivity contribution in [3.05, 3.63) is 23.6 Å². The summed E-state index contributed by atoms with van der Waals surface area (Å²) in [6.07, 6.45) is 3.05. The van der Waals surface area contributed by atoms with E-state index < -0.39 is 5.97 Å². The third kappa shape index (κ3) is 1.46. The number of hydrogen-bond donors (Lipinski definition) is 2. The summed E-state index contributed by atoms with van der Waals surface area (Å²) in [6, 6.07) is 0. The first kappa shape index (κ1) is 9.08. The number of fused-ring (bicyclic) bond motifs is 1. The monoisotopic (exact) mass is 196 g/mol. The van der Waals surface area contributed by atoms with Gasteiger partial charge in [-0.15, -0.1) is 0 Å². The van der Waals surface area contributed by atoms with Gasteiger partial charge in [-0.25, -0.2) is 4.79 Å². The molecule has 0 amide bonds. The Morgan fingerprint density at radius 2 is 2.57 bits per heavy atom. The minimum Gasteiger partial charge on any atom is -0.493 e. The molecule has 1 unspecified atom stereocenters. The van der Waals surface area contributed by atoms with Gasteiger partial charge >= 0.3 is 5.97 Å². The lowest BCUT2D eigenvalue weighted by atomic mass is 10.1. The van der Waals surface area contributed by atoms with Crippen LogP contribution in [0.15, 0.2) is 23.6 Å². The second-order valence-electron chi connectivity index (χ2n) is 3.35. The number of carboxylic acid groups (broad SMARTS) is 1. The Balaban J connectivity index is 2.21. The highest BCUT2D eigenvalue weighted by molar-refractivity contribution is 5.90. The van der Waals surface area contributed by atoms with Crippen molar-refractivity contribution >= 4 is 5.97 Å². The Morgan fingerprint density at radius 3 is 3.29 bits per heavy atom. The molecule has 0 aromatic heterocycles. The molecule has 0 spiro atoms. The van der Waals surface area contributed by atoms with Crippen molar-refractivity contribution in [1.29, 1.82) is 0 Å². The van der Waals surface area contributed by atoms with E-state index in [-0.39, 0.29) is 11.7 Å².